The maximum atomic E-state index is 9.74. The lowest BCUT2D eigenvalue weighted by Crippen LogP contribution is -2.10. The zero-order valence-corrected chi connectivity index (χ0v) is 11.1. The Bertz CT molecular complexity index is 432. The molecular formula is C15H21NO. The highest BCUT2D eigenvalue weighted by Gasteiger charge is 2.14. The number of nitrogens with one attached hydrogen (secondary N) is 1. The van der Waals surface area contributed by atoms with Gasteiger partial charge in [0.25, 0.3) is 0 Å². The molecule has 0 aromatic heterocycles. The maximum Gasteiger partial charge on any atom is 0.131 e. The lowest BCUT2D eigenvalue weighted by Gasteiger charge is -2.19. The highest BCUT2D eigenvalue weighted by atomic mass is 16.3. The van der Waals surface area contributed by atoms with Crippen molar-refractivity contribution in [3.63, 3.8) is 0 Å². The van der Waals surface area contributed by atoms with Crippen LogP contribution in [0.2, 0.25) is 0 Å². The third kappa shape index (κ3) is 4.13. The Hall–Kier alpha value is -1.46. The molecule has 0 aliphatic heterocycles. The maximum absolute atomic E-state index is 9.74. The summed E-state index contributed by atoms with van der Waals surface area (Å²) >= 11 is 0. The monoisotopic (exact) mass is 231 g/mol. The lowest BCUT2D eigenvalue weighted by atomic mass is 9.86. The van der Waals surface area contributed by atoms with E-state index in [-0.39, 0.29) is 11.2 Å². The van der Waals surface area contributed by atoms with Crippen LogP contribution in [0.1, 0.15) is 38.3 Å². The molecule has 2 nitrogen and oxygen atoms in total. The Labute approximate surface area is 104 Å². The van der Waals surface area contributed by atoms with Crippen molar-refractivity contribution in [3.05, 3.63) is 29.3 Å². The molecular weight excluding hydrogens is 210 g/mol. The summed E-state index contributed by atoms with van der Waals surface area (Å²) in [4.78, 5) is 0. The van der Waals surface area contributed by atoms with Crippen LogP contribution in [-0.4, -0.2) is 18.7 Å². The van der Waals surface area contributed by atoms with Gasteiger partial charge in [-0.1, -0.05) is 38.7 Å². The Kier molecular flexibility index (Phi) is 4.60. The largest absolute Gasteiger partial charge is 0.507 e. The molecule has 0 heterocycles. The van der Waals surface area contributed by atoms with E-state index in [1.807, 2.05) is 19.2 Å². The molecule has 0 aliphatic carbocycles. The highest BCUT2D eigenvalue weighted by Crippen LogP contribution is 2.26. The van der Waals surface area contributed by atoms with Gasteiger partial charge in [0.2, 0.25) is 0 Å². The molecule has 0 saturated heterocycles. The van der Waals surface area contributed by atoms with E-state index in [2.05, 4.69) is 37.9 Å². The fraction of sp³-hybridized carbons (Fsp3) is 0.467. The number of hydrogen-bond acceptors (Lipinski definition) is 2. The van der Waals surface area contributed by atoms with Gasteiger partial charge in [0.05, 0.1) is 5.56 Å². The van der Waals surface area contributed by atoms with E-state index >= 15 is 0 Å². The van der Waals surface area contributed by atoms with Crippen molar-refractivity contribution in [2.75, 3.05) is 13.6 Å². The molecule has 0 unspecified atom stereocenters. The van der Waals surface area contributed by atoms with Crippen LogP contribution < -0.4 is 5.32 Å². The standard InChI is InChI=1S/C15H21NO/c1-15(2,3)13-8-9-14(17)12(11-13)7-5-6-10-16-4/h8-9,11,16-17H,6,10H2,1-4H3. The number of rotatable bonds is 2. The second-order valence-electron chi connectivity index (χ2n) is 5.14. The third-order valence-corrected chi connectivity index (χ3v) is 2.59. The molecule has 0 radical (unpaired) electrons. The van der Waals surface area contributed by atoms with E-state index in [0.29, 0.717) is 5.56 Å². The fourth-order valence-electron chi connectivity index (χ4n) is 1.45. The quantitative estimate of drug-likeness (QED) is 0.606. The number of phenols is 1. The summed E-state index contributed by atoms with van der Waals surface area (Å²) < 4.78 is 0. The molecule has 0 atom stereocenters. The molecule has 0 fully saturated rings. The van der Waals surface area contributed by atoms with Crippen LogP contribution in [0.15, 0.2) is 18.2 Å². The number of aromatic hydroxyl groups is 1. The van der Waals surface area contributed by atoms with E-state index in [0.717, 1.165) is 13.0 Å². The van der Waals surface area contributed by atoms with E-state index in [1.165, 1.54) is 5.56 Å². The fourth-order valence-corrected chi connectivity index (χ4v) is 1.45. The summed E-state index contributed by atoms with van der Waals surface area (Å²) in [6.45, 7) is 7.32. The minimum absolute atomic E-state index is 0.0785. The van der Waals surface area contributed by atoms with Crippen molar-refractivity contribution < 1.29 is 5.11 Å². The first-order valence-corrected chi connectivity index (χ1v) is 5.92. The Balaban J connectivity index is 2.94. The SMILES string of the molecule is CNCCC#Cc1cc(C(C)(C)C)ccc1O. The van der Waals surface area contributed by atoms with Gasteiger partial charge >= 0.3 is 0 Å². The molecule has 2 heteroatoms. The van der Waals surface area contributed by atoms with E-state index < -0.39 is 0 Å². The van der Waals surface area contributed by atoms with Crippen molar-refractivity contribution in [2.45, 2.75) is 32.6 Å². The Morgan fingerprint density at radius 3 is 2.59 bits per heavy atom. The van der Waals surface area contributed by atoms with Gasteiger partial charge < -0.3 is 10.4 Å². The molecule has 17 heavy (non-hydrogen) atoms. The Morgan fingerprint density at radius 2 is 2.00 bits per heavy atom. The molecule has 0 amide bonds. The van der Waals surface area contributed by atoms with Gasteiger partial charge in [0, 0.05) is 13.0 Å². The third-order valence-electron chi connectivity index (χ3n) is 2.59. The average Bonchev–Trinajstić information content (AvgIpc) is 2.25. The normalized spacial score (nSPS) is 10.8. The summed E-state index contributed by atoms with van der Waals surface area (Å²) in [5, 5.41) is 12.8. The van der Waals surface area contributed by atoms with Gasteiger partial charge in [0.1, 0.15) is 5.75 Å². The predicted octanol–water partition coefficient (Wildman–Crippen LogP) is 2.65. The molecule has 1 rings (SSSR count). The van der Waals surface area contributed by atoms with Crippen molar-refractivity contribution >= 4 is 0 Å². The van der Waals surface area contributed by atoms with E-state index in [9.17, 15) is 5.11 Å². The van der Waals surface area contributed by atoms with Crippen LogP contribution in [0.5, 0.6) is 5.75 Å². The topological polar surface area (TPSA) is 32.3 Å². The molecule has 1 aromatic rings. The minimum Gasteiger partial charge on any atom is -0.507 e. The van der Waals surface area contributed by atoms with Gasteiger partial charge in [-0.15, -0.1) is 0 Å². The van der Waals surface area contributed by atoms with Crippen LogP contribution in [0.25, 0.3) is 0 Å². The molecule has 2 N–H and O–H groups in total. The number of benzene rings is 1. The van der Waals surface area contributed by atoms with Gasteiger partial charge in [-0.3, -0.25) is 0 Å². The van der Waals surface area contributed by atoms with Crippen molar-refractivity contribution in [2.24, 2.45) is 0 Å². The summed E-state index contributed by atoms with van der Waals surface area (Å²) in [5.41, 5.74) is 1.98. The Morgan fingerprint density at radius 1 is 1.29 bits per heavy atom. The van der Waals surface area contributed by atoms with Gasteiger partial charge in [0.15, 0.2) is 0 Å². The smallest absolute Gasteiger partial charge is 0.131 e. The average molecular weight is 231 g/mol. The van der Waals surface area contributed by atoms with E-state index in [1.54, 1.807) is 6.07 Å². The summed E-state index contributed by atoms with van der Waals surface area (Å²) in [7, 11) is 1.90. The number of hydrogen-bond donors (Lipinski definition) is 2. The number of phenolic OH excluding ortho intramolecular Hbond substituents is 1. The lowest BCUT2D eigenvalue weighted by molar-refractivity contribution is 0.472. The van der Waals surface area contributed by atoms with Gasteiger partial charge in [-0.25, -0.2) is 0 Å². The van der Waals surface area contributed by atoms with E-state index in [4.69, 9.17) is 0 Å². The summed E-state index contributed by atoms with van der Waals surface area (Å²) in [6.07, 6.45) is 0.787. The molecule has 92 valence electrons. The summed E-state index contributed by atoms with van der Waals surface area (Å²) in [6, 6.07) is 5.65. The second kappa shape index (κ2) is 5.75. The molecule has 1 aromatic carbocycles. The zero-order chi connectivity index (χ0) is 12.9. The molecule has 0 aliphatic rings. The first-order chi connectivity index (χ1) is 7.95. The summed E-state index contributed by atoms with van der Waals surface area (Å²) in [5.74, 6) is 6.33. The van der Waals surface area contributed by atoms with Crippen LogP contribution in [0.3, 0.4) is 0 Å². The molecule has 0 bridgehead atoms. The molecule has 0 spiro atoms. The first-order valence-electron chi connectivity index (χ1n) is 5.92. The predicted molar refractivity (Wildman–Crippen MR) is 72.2 cm³/mol. The van der Waals surface area contributed by atoms with Crippen molar-refractivity contribution in [1.29, 1.82) is 0 Å². The minimum atomic E-state index is 0.0785. The van der Waals surface area contributed by atoms with Gasteiger partial charge in [-0.05, 0) is 30.2 Å². The van der Waals surface area contributed by atoms with Crippen LogP contribution in [-0.2, 0) is 5.41 Å². The van der Waals surface area contributed by atoms with Crippen LogP contribution >= 0.6 is 0 Å². The first kappa shape index (κ1) is 13.6. The van der Waals surface area contributed by atoms with Gasteiger partial charge in [-0.2, -0.15) is 0 Å². The van der Waals surface area contributed by atoms with Crippen LogP contribution in [0.4, 0.5) is 0 Å². The van der Waals surface area contributed by atoms with Crippen LogP contribution in [0, 0.1) is 11.8 Å². The zero-order valence-electron chi connectivity index (χ0n) is 11.1. The molecule has 0 saturated carbocycles. The second-order valence-corrected chi connectivity index (χ2v) is 5.14. The van der Waals surface area contributed by atoms with Crippen molar-refractivity contribution in [1.82, 2.24) is 5.32 Å². The highest BCUT2D eigenvalue weighted by molar-refractivity contribution is 5.48. The van der Waals surface area contributed by atoms with Crippen molar-refractivity contribution in [3.8, 4) is 17.6 Å².